The van der Waals surface area contributed by atoms with Crippen LogP contribution < -0.4 is 0 Å². The third kappa shape index (κ3) is 4.10. The maximum absolute atomic E-state index is 13.4. The van der Waals surface area contributed by atoms with E-state index in [-0.39, 0.29) is 0 Å². The van der Waals surface area contributed by atoms with E-state index >= 15 is 0 Å². The summed E-state index contributed by atoms with van der Waals surface area (Å²) in [7, 11) is 0. The number of aromatic nitrogens is 1. The SMILES string of the molecule is CCCC1CCC(C2CCC(c3cnc(F)c(F)c3)CC2)CC1. The Morgan fingerprint density at radius 3 is 2.13 bits per heavy atom. The van der Waals surface area contributed by atoms with Crippen LogP contribution in [-0.2, 0) is 0 Å². The third-order valence-corrected chi connectivity index (χ3v) is 6.32. The number of rotatable bonds is 4. The Balaban J connectivity index is 1.50. The molecule has 23 heavy (non-hydrogen) atoms. The van der Waals surface area contributed by atoms with E-state index in [1.165, 1.54) is 63.6 Å². The van der Waals surface area contributed by atoms with Gasteiger partial charge in [-0.15, -0.1) is 0 Å². The maximum Gasteiger partial charge on any atom is 0.248 e. The third-order valence-electron chi connectivity index (χ3n) is 6.32. The minimum Gasteiger partial charge on any atom is -0.225 e. The quantitative estimate of drug-likeness (QED) is 0.598. The van der Waals surface area contributed by atoms with Crippen LogP contribution in [0.2, 0.25) is 0 Å². The molecule has 0 bridgehead atoms. The van der Waals surface area contributed by atoms with E-state index in [1.54, 1.807) is 0 Å². The zero-order valence-corrected chi connectivity index (χ0v) is 14.2. The van der Waals surface area contributed by atoms with E-state index in [0.717, 1.165) is 36.2 Å². The van der Waals surface area contributed by atoms with Crippen LogP contribution in [0.5, 0.6) is 0 Å². The van der Waals surface area contributed by atoms with Crippen LogP contribution in [0.1, 0.15) is 82.6 Å². The maximum atomic E-state index is 13.4. The molecule has 1 aromatic rings. The summed E-state index contributed by atoms with van der Waals surface area (Å²) in [6.07, 6.45) is 14.6. The van der Waals surface area contributed by atoms with Gasteiger partial charge in [-0.2, -0.15) is 4.39 Å². The van der Waals surface area contributed by atoms with Crippen LogP contribution in [0, 0.1) is 29.5 Å². The highest BCUT2D eigenvalue weighted by atomic mass is 19.2. The summed E-state index contributed by atoms with van der Waals surface area (Å²) in [4.78, 5) is 3.55. The molecule has 0 N–H and O–H groups in total. The molecule has 0 amide bonds. The summed E-state index contributed by atoms with van der Waals surface area (Å²) in [6.45, 7) is 2.29. The Bertz CT molecular complexity index is 500. The Morgan fingerprint density at radius 1 is 0.957 bits per heavy atom. The van der Waals surface area contributed by atoms with E-state index in [9.17, 15) is 8.78 Å². The molecule has 2 fully saturated rings. The molecule has 1 aromatic heterocycles. The fraction of sp³-hybridized carbons (Fsp3) is 0.750. The van der Waals surface area contributed by atoms with Crippen LogP contribution in [0.3, 0.4) is 0 Å². The molecule has 128 valence electrons. The first-order valence-corrected chi connectivity index (χ1v) is 9.48. The topological polar surface area (TPSA) is 12.9 Å². The summed E-state index contributed by atoms with van der Waals surface area (Å²) >= 11 is 0. The van der Waals surface area contributed by atoms with Gasteiger partial charge in [0.25, 0.3) is 0 Å². The highest BCUT2D eigenvalue weighted by Crippen LogP contribution is 2.44. The monoisotopic (exact) mass is 321 g/mol. The van der Waals surface area contributed by atoms with Crippen LogP contribution >= 0.6 is 0 Å². The van der Waals surface area contributed by atoms with Crippen molar-refractivity contribution in [1.82, 2.24) is 4.98 Å². The Kier molecular flexibility index (Phi) is 5.66. The lowest BCUT2D eigenvalue weighted by Crippen LogP contribution is -2.25. The second-order valence-electron chi connectivity index (χ2n) is 7.72. The first-order chi connectivity index (χ1) is 11.2. The van der Waals surface area contributed by atoms with Crippen molar-refractivity contribution in [3.8, 4) is 0 Å². The van der Waals surface area contributed by atoms with Crippen LogP contribution in [0.15, 0.2) is 12.3 Å². The van der Waals surface area contributed by atoms with Gasteiger partial charge in [0.2, 0.25) is 5.95 Å². The summed E-state index contributed by atoms with van der Waals surface area (Å²) < 4.78 is 26.3. The smallest absolute Gasteiger partial charge is 0.225 e. The van der Waals surface area contributed by atoms with Gasteiger partial charge in [-0.1, -0.05) is 32.6 Å². The van der Waals surface area contributed by atoms with Gasteiger partial charge >= 0.3 is 0 Å². The van der Waals surface area contributed by atoms with Crippen molar-refractivity contribution in [1.29, 1.82) is 0 Å². The number of halogens is 2. The van der Waals surface area contributed by atoms with Crippen LogP contribution in [0.25, 0.3) is 0 Å². The number of pyridine rings is 1. The average Bonchev–Trinajstić information content (AvgIpc) is 2.59. The molecule has 0 saturated heterocycles. The van der Waals surface area contributed by atoms with E-state index in [4.69, 9.17) is 0 Å². The molecule has 0 aliphatic heterocycles. The molecular weight excluding hydrogens is 292 g/mol. The van der Waals surface area contributed by atoms with Gasteiger partial charge in [-0.25, -0.2) is 9.37 Å². The first-order valence-electron chi connectivity index (χ1n) is 9.48. The van der Waals surface area contributed by atoms with E-state index in [2.05, 4.69) is 11.9 Å². The number of hydrogen-bond donors (Lipinski definition) is 0. The van der Waals surface area contributed by atoms with Crippen molar-refractivity contribution in [2.24, 2.45) is 17.8 Å². The van der Waals surface area contributed by atoms with E-state index < -0.39 is 11.8 Å². The van der Waals surface area contributed by atoms with E-state index in [0.29, 0.717) is 5.92 Å². The van der Waals surface area contributed by atoms with Crippen molar-refractivity contribution < 1.29 is 8.78 Å². The molecule has 3 rings (SSSR count). The molecule has 2 saturated carbocycles. The van der Waals surface area contributed by atoms with Crippen molar-refractivity contribution in [2.75, 3.05) is 0 Å². The highest BCUT2D eigenvalue weighted by molar-refractivity contribution is 5.17. The lowest BCUT2D eigenvalue weighted by atomic mass is 9.68. The fourth-order valence-corrected chi connectivity index (χ4v) is 4.94. The normalized spacial score (nSPS) is 32.0. The second-order valence-corrected chi connectivity index (χ2v) is 7.72. The standard InChI is InChI=1S/C20H29F2N/c1-2-3-14-4-6-15(7-5-14)16-8-10-17(11-9-16)18-12-19(21)20(22)23-13-18/h12-17H,2-11H2,1H3. The predicted molar refractivity (Wildman–Crippen MR) is 89.2 cm³/mol. The summed E-state index contributed by atoms with van der Waals surface area (Å²) in [5, 5.41) is 0. The van der Waals surface area contributed by atoms with Crippen molar-refractivity contribution in [3.63, 3.8) is 0 Å². The largest absolute Gasteiger partial charge is 0.248 e. The summed E-state index contributed by atoms with van der Waals surface area (Å²) in [5.74, 6) is 1.32. The fourth-order valence-electron chi connectivity index (χ4n) is 4.94. The summed E-state index contributed by atoms with van der Waals surface area (Å²) in [5.41, 5.74) is 0.883. The minimum absolute atomic E-state index is 0.366. The van der Waals surface area contributed by atoms with Gasteiger partial charge in [-0.05, 0) is 73.8 Å². The van der Waals surface area contributed by atoms with Crippen molar-refractivity contribution in [2.45, 2.75) is 77.0 Å². The van der Waals surface area contributed by atoms with Gasteiger partial charge in [0.1, 0.15) is 0 Å². The molecular formula is C20H29F2N. The molecule has 0 spiro atoms. The molecule has 3 heteroatoms. The van der Waals surface area contributed by atoms with Gasteiger partial charge in [-0.3, -0.25) is 0 Å². The van der Waals surface area contributed by atoms with Crippen LogP contribution in [0.4, 0.5) is 8.78 Å². The lowest BCUT2D eigenvalue weighted by molar-refractivity contribution is 0.156. The molecule has 0 unspecified atom stereocenters. The van der Waals surface area contributed by atoms with Gasteiger partial charge < -0.3 is 0 Å². The Labute approximate surface area is 138 Å². The zero-order valence-electron chi connectivity index (χ0n) is 14.2. The Morgan fingerprint density at radius 2 is 1.57 bits per heavy atom. The van der Waals surface area contributed by atoms with Crippen molar-refractivity contribution in [3.05, 3.63) is 29.6 Å². The number of nitrogens with zero attached hydrogens (tertiary/aromatic N) is 1. The molecule has 1 heterocycles. The predicted octanol–water partition coefficient (Wildman–Crippen LogP) is 6.24. The zero-order chi connectivity index (χ0) is 16.2. The molecule has 2 aliphatic carbocycles. The molecule has 0 radical (unpaired) electrons. The second kappa shape index (κ2) is 7.72. The Hall–Kier alpha value is -0.990. The van der Waals surface area contributed by atoms with Crippen LogP contribution in [-0.4, -0.2) is 4.98 Å². The van der Waals surface area contributed by atoms with E-state index in [1.807, 2.05) is 0 Å². The molecule has 0 aromatic carbocycles. The molecule has 1 nitrogen and oxygen atoms in total. The van der Waals surface area contributed by atoms with Gasteiger partial charge in [0, 0.05) is 6.20 Å². The minimum atomic E-state index is -0.980. The average molecular weight is 321 g/mol. The van der Waals surface area contributed by atoms with Gasteiger partial charge in [0.05, 0.1) is 0 Å². The lowest BCUT2D eigenvalue weighted by Gasteiger charge is -2.38. The first kappa shape index (κ1) is 16.9. The molecule has 0 atom stereocenters. The highest BCUT2D eigenvalue weighted by Gasteiger charge is 2.31. The van der Waals surface area contributed by atoms with Gasteiger partial charge in [0.15, 0.2) is 5.82 Å². The van der Waals surface area contributed by atoms with Crippen molar-refractivity contribution >= 4 is 0 Å². The molecule has 2 aliphatic rings. The number of hydrogen-bond acceptors (Lipinski definition) is 1. The summed E-state index contributed by atoms with van der Waals surface area (Å²) in [6, 6.07) is 1.35.